The van der Waals surface area contributed by atoms with Gasteiger partial charge in [0.1, 0.15) is 0 Å². The van der Waals surface area contributed by atoms with Crippen molar-refractivity contribution < 1.29 is 0 Å². The third-order valence-electron chi connectivity index (χ3n) is 2.81. The van der Waals surface area contributed by atoms with E-state index < -0.39 is 0 Å². The highest BCUT2D eigenvalue weighted by Gasteiger charge is 2.21. The number of hydrogen-bond donors (Lipinski definition) is 0. The van der Waals surface area contributed by atoms with Crippen LogP contribution in [0.3, 0.4) is 0 Å². The molecule has 0 amide bonds. The van der Waals surface area contributed by atoms with Crippen molar-refractivity contribution in [2.24, 2.45) is 0 Å². The molecule has 2 aromatic rings. The molecule has 0 radical (unpaired) electrons. The maximum absolute atomic E-state index is 4.01. The second kappa shape index (κ2) is 2.41. The Morgan fingerprint density at radius 3 is 2.86 bits per heavy atom. The molecule has 14 heavy (non-hydrogen) atoms. The van der Waals surface area contributed by atoms with Crippen LogP contribution in [0.2, 0.25) is 0 Å². The van der Waals surface area contributed by atoms with E-state index in [2.05, 4.69) is 41.5 Å². The van der Waals surface area contributed by atoms with Crippen molar-refractivity contribution in [3.05, 3.63) is 28.8 Å². The standard InChI is InChI=1S/C10H10N4/c1-6-3-8-5-14-10(11-12-13-14)9(8)4-7(6)2/h3-4H,5H2,1-2H3. The summed E-state index contributed by atoms with van der Waals surface area (Å²) >= 11 is 0. The summed E-state index contributed by atoms with van der Waals surface area (Å²) in [5, 5.41) is 11.6. The molecule has 0 unspecified atom stereocenters. The Labute approximate surface area is 81.6 Å². The van der Waals surface area contributed by atoms with E-state index in [1.165, 1.54) is 22.3 Å². The highest BCUT2D eigenvalue weighted by molar-refractivity contribution is 5.65. The van der Waals surface area contributed by atoms with E-state index in [0.717, 1.165) is 12.4 Å². The summed E-state index contributed by atoms with van der Waals surface area (Å²) < 4.78 is 1.84. The van der Waals surface area contributed by atoms with Crippen molar-refractivity contribution in [2.45, 2.75) is 20.4 Å². The molecule has 1 aliphatic rings. The van der Waals surface area contributed by atoms with Gasteiger partial charge in [-0.15, -0.1) is 5.10 Å². The molecule has 3 rings (SSSR count). The Hall–Kier alpha value is -1.71. The van der Waals surface area contributed by atoms with Crippen molar-refractivity contribution in [3.63, 3.8) is 0 Å². The molecule has 4 nitrogen and oxygen atoms in total. The fourth-order valence-corrected chi connectivity index (χ4v) is 1.88. The number of fused-ring (bicyclic) bond motifs is 3. The fraction of sp³-hybridized carbons (Fsp3) is 0.300. The van der Waals surface area contributed by atoms with Crippen LogP contribution >= 0.6 is 0 Å². The largest absolute Gasteiger partial charge is 0.221 e. The van der Waals surface area contributed by atoms with Gasteiger partial charge in [-0.05, 0) is 47.0 Å². The molecule has 0 saturated carbocycles. The molecule has 0 saturated heterocycles. The smallest absolute Gasteiger partial charge is 0.182 e. The monoisotopic (exact) mass is 186 g/mol. The first-order valence-electron chi connectivity index (χ1n) is 4.62. The van der Waals surface area contributed by atoms with Gasteiger partial charge in [-0.3, -0.25) is 0 Å². The zero-order valence-corrected chi connectivity index (χ0v) is 8.15. The minimum Gasteiger partial charge on any atom is -0.221 e. The van der Waals surface area contributed by atoms with Crippen LogP contribution in [0.5, 0.6) is 0 Å². The van der Waals surface area contributed by atoms with Gasteiger partial charge in [-0.1, -0.05) is 6.07 Å². The van der Waals surface area contributed by atoms with E-state index in [1.807, 2.05) is 4.68 Å². The number of rotatable bonds is 0. The highest BCUT2D eigenvalue weighted by atomic mass is 15.5. The predicted molar refractivity (Wildman–Crippen MR) is 51.8 cm³/mol. The van der Waals surface area contributed by atoms with E-state index in [1.54, 1.807) is 0 Å². The molecule has 4 heteroatoms. The maximum Gasteiger partial charge on any atom is 0.182 e. The van der Waals surface area contributed by atoms with Gasteiger partial charge in [-0.2, -0.15) is 0 Å². The number of aromatic nitrogens is 4. The van der Waals surface area contributed by atoms with Crippen LogP contribution < -0.4 is 0 Å². The maximum atomic E-state index is 4.01. The molecule has 0 bridgehead atoms. The Bertz CT molecular complexity index is 513. The van der Waals surface area contributed by atoms with Crippen LogP contribution in [-0.2, 0) is 6.54 Å². The van der Waals surface area contributed by atoms with Gasteiger partial charge >= 0.3 is 0 Å². The first kappa shape index (κ1) is 7.67. The molecule has 70 valence electrons. The SMILES string of the molecule is Cc1cc2c(cc1C)-c1nnnn1C2. The second-order valence-corrected chi connectivity index (χ2v) is 3.75. The number of hydrogen-bond acceptors (Lipinski definition) is 3. The van der Waals surface area contributed by atoms with Crippen LogP contribution in [-0.4, -0.2) is 20.2 Å². The van der Waals surface area contributed by atoms with Crippen LogP contribution in [0.4, 0.5) is 0 Å². The molecule has 1 aromatic carbocycles. The Kier molecular flexibility index (Phi) is 1.32. The van der Waals surface area contributed by atoms with Gasteiger partial charge in [0.15, 0.2) is 5.82 Å². The Morgan fingerprint density at radius 2 is 2.00 bits per heavy atom. The molecular weight excluding hydrogens is 176 g/mol. The summed E-state index contributed by atoms with van der Waals surface area (Å²) in [5.41, 5.74) is 5.09. The van der Waals surface area contributed by atoms with Gasteiger partial charge in [0.2, 0.25) is 0 Å². The first-order chi connectivity index (χ1) is 6.75. The zero-order chi connectivity index (χ0) is 9.71. The third kappa shape index (κ3) is 0.852. The van der Waals surface area contributed by atoms with Gasteiger partial charge in [0.25, 0.3) is 0 Å². The number of aryl methyl sites for hydroxylation is 2. The first-order valence-corrected chi connectivity index (χ1v) is 4.62. The van der Waals surface area contributed by atoms with Gasteiger partial charge < -0.3 is 0 Å². The molecule has 1 aromatic heterocycles. The van der Waals surface area contributed by atoms with E-state index in [4.69, 9.17) is 0 Å². The lowest BCUT2D eigenvalue weighted by atomic mass is 10.0. The van der Waals surface area contributed by atoms with E-state index in [-0.39, 0.29) is 0 Å². The molecule has 0 atom stereocenters. The molecule has 0 spiro atoms. The van der Waals surface area contributed by atoms with Gasteiger partial charge in [0.05, 0.1) is 6.54 Å². The quantitative estimate of drug-likeness (QED) is 0.531. The van der Waals surface area contributed by atoms with Crippen molar-refractivity contribution in [2.75, 3.05) is 0 Å². The minimum absolute atomic E-state index is 0.804. The summed E-state index contributed by atoms with van der Waals surface area (Å²) in [7, 11) is 0. The zero-order valence-electron chi connectivity index (χ0n) is 8.15. The number of benzene rings is 1. The lowest BCUT2D eigenvalue weighted by molar-refractivity contribution is 0.670. The summed E-state index contributed by atoms with van der Waals surface area (Å²) in [6.45, 7) is 5.04. The second-order valence-electron chi connectivity index (χ2n) is 3.75. The molecular formula is C10H10N4. The van der Waals surface area contributed by atoms with Crippen molar-refractivity contribution in [1.29, 1.82) is 0 Å². The predicted octanol–water partition coefficient (Wildman–Crippen LogP) is 1.32. The Morgan fingerprint density at radius 1 is 1.21 bits per heavy atom. The summed E-state index contributed by atoms with van der Waals surface area (Å²) in [6, 6.07) is 4.38. The normalized spacial score (nSPS) is 12.7. The summed E-state index contributed by atoms with van der Waals surface area (Å²) in [6.07, 6.45) is 0. The number of nitrogens with zero attached hydrogens (tertiary/aromatic N) is 4. The van der Waals surface area contributed by atoms with Crippen LogP contribution in [0.1, 0.15) is 16.7 Å². The fourth-order valence-electron chi connectivity index (χ4n) is 1.88. The molecule has 1 aliphatic heterocycles. The third-order valence-corrected chi connectivity index (χ3v) is 2.81. The average Bonchev–Trinajstić information content (AvgIpc) is 2.68. The average molecular weight is 186 g/mol. The Balaban J connectivity index is 2.30. The van der Waals surface area contributed by atoms with Crippen LogP contribution in [0.25, 0.3) is 11.4 Å². The molecule has 0 N–H and O–H groups in total. The van der Waals surface area contributed by atoms with Gasteiger partial charge in [0, 0.05) is 5.56 Å². The van der Waals surface area contributed by atoms with Crippen molar-refractivity contribution in [3.8, 4) is 11.4 Å². The van der Waals surface area contributed by atoms with E-state index in [9.17, 15) is 0 Å². The molecule has 0 aliphatic carbocycles. The van der Waals surface area contributed by atoms with Crippen LogP contribution in [0, 0.1) is 13.8 Å². The lowest BCUT2D eigenvalue weighted by Gasteiger charge is -2.03. The highest BCUT2D eigenvalue weighted by Crippen LogP contribution is 2.30. The topological polar surface area (TPSA) is 43.6 Å². The summed E-state index contributed by atoms with van der Waals surface area (Å²) in [4.78, 5) is 0. The van der Waals surface area contributed by atoms with Crippen molar-refractivity contribution >= 4 is 0 Å². The van der Waals surface area contributed by atoms with E-state index >= 15 is 0 Å². The molecule has 0 fully saturated rings. The minimum atomic E-state index is 0.804. The lowest BCUT2D eigenvalue weighted by Crippen LogP contribution is -1.95. The molecule has 2 heterocycles. The van der Waals surface area contributed by atoms with Gasteiger partial charge in [-0.25, -0.2) is 4.68 Å². The number of tetrazole rings is 1. The summed E-state index contributed by atoms with van der Waals surface area (Å²) in [5.74, 6) is 0.892. The van der Waals surface area contributed by atoms with E-state index in [0.29, 0.717) is 0 Å². The van der Waals surface area contributed by atoms with Crippen LogP contribution in [0.15, 0.2) is 12.1 Å². The van der Waals surface area contributed by atoms with Crippen molar-refractivity contribution in [1.82, 2.24) is 20.2 Å².